The molecule has 0 rings (SSSR count). The quantitative estimate of drug-likeness (QED) is 0.268. The van der Waals surface area contributed by atoms with Gasteiger partial charge >= 0.3 is 18.1 Å². The Morgan fingerprint density at radius 3 is 2.26 bits per heavy atom. The molecule has 0 aromatic carbocycles. The molecule has 0 spiro atoms. The second kappa shape index (κ2) is 11.2. The van der Waals surface area contributed by atoms with Crippen LogP contribution in [0.2, 0.25) is 0 Å². The number of nitrogens with one attached hydrogen (secondary N) is 2. The van der Waals surface area contributed by atoms with E-state index in [0.717, 1.165) is 6.21 Å². The van der Waals surface area contributed by atoms with Gasteiger partial charge in [0, 0.05) is 6.54 Å². The number of aliphatic hydroxyl groups excluding tert-OH is 1. The van der Waals surface area contributed by atoms with Crippen LogP contribution in [0.25, 0.3) is 0 Å². The fraction of sp³-hybridized carbons (Fsp3) is 0.667. The molecule has 0 unspecified atom stereocenters. The van der Waals surface area contributed by atoms with Gasteiger partial charge in [-0.3, -0.25) is 0 Å². The maximum absolute atomic E-state index is 11.9. The molecule has 0 aliphatic rings. The van der Waals surface area contributed by atoms with Gasteiger partial charge in [0.15, 0.2) is 0 Å². The Bertz CT molecular complexity index is 586. The van der Waals surface area contributed by atoms with Crippen LogP contribution < -0.4 is 10.6 Å². The van der Waals surface area contributed by atoms with Crippen LogP contribution in [0.15, 0.2) is 16.3 Å². The van der Waals surface area contributed by atoms with E-state index in [4.69, 9.17) is 9.47 Å². The van der Waals surface area contributed by atoms with E-state index in [9.17, 15) is 19.5 Å². The molecule has 9 heteroatoms. The number of hydrogen-bond acceptors (Lipinski definition) is 6. The topological polar surface area (TPSA) is 126 Å². The predicted molar refractivity (Wildman–Crippen MR) is 102 cm³/mol. The number of amides is 3. The third kappa shape index (κ3) is 10.9. The maximum atomic E-state index is 11.9. The summed E-state index contributed by atoms with van der Waals surface area (Å²) in [6, 6.07) is -1.10. The van der Waals surface area contributed by atoms with Crippen LogP contribution in [0.1, 0.15) is 48.5 Å². The predicted octanol–water partition coefficient (Wildman–Crippen LogP) is 2.71. The Hall–Kier alpha value is -2.58. The summed E-state index contributed by atoms with van der Waals surface area (Å²) >= 11 is 0. The molecule has 3 N–H and O–H groups in total. The molecule has 3 amide bonds. The summed E-state index contributed by atoms with van der Waals surface area (Å²) in [4.78, 5) is 39.0. The first-order valence-electron chi connectivity index (χ1n) is 8.75. The zero-order valence-corrected chi connectivity index (χ0v) is 17.1. The summed E-state index contributed by atoms with van der Waals surface area (Å²) in [5.41, 5.74) is -0.837. The van der Waals surface area contributed by atoms with Crippen LogP contribution >= 0.6 is 0 Å². The van der Waals surface area contributed by atoms with Gasteiger partial charge in [0.25, 0.3) is 0 Å². The number of aliphatic imine (C=N–C) groups is 1. The lowest BCUT2D eigenvalue weighted by atomic mass is 10.0. The van der Waals surface area contributed by atoms with E-state index < -0.39 is 23.7 Å². The van der Waals surface area contributed by atoms with Crippen molar-refractivity contribution < 1.29 is 29.0 Å². The number of hydrogen-bond donors (Lipinski definition) is 3. The lowest BCUT2D eigenvalue weighted by Crippen LogP contribution is -2.47. The average molecular weight is 385 g/mol. The number of alkyl carbamates (subject to hydrolysis) is 1. The standard InChI is InChI=1S/C18H31N3O6/c1-8-26-15(23)13(12(4)22)9-19-16(24)20-10-14(11(2)3)21-17(25)27-18(5,6)7/h9,11,14,22H,8,10H2,1-7H3,(H,20,24)(H,21,25)/b13-12+,19-9+/t14-/m1/s1. The third-order valence-corrected chi connectivity index (χ3v) is 3.18. The number of esters is 1. The van der Waals surface area contributed by atoms with Crippen molar-refractivity contribution in [1.29, 1.82) is 0 Å². The monoisotopic (exact) mass is 385 g/mol. The lowest BCUT2D eigenvalue weighted by Gasteiger charge is -2.25. The minimum absolute atomic E-state index is 0.0245. The highest BCUT2D eigenvalue weighted by atomic mass is 16.6. The van der Waals surface area contributed by atoms with E-state index in [1.165, 1.54) is 6.92 Å². The van der Waals surface area contributed by atoms with Gasteiger partial charge in [-0.25, -0.2) is 19.4 Å². The molecule has 0 aliphatic carbocycles. The lowest BCUT2D eigenvalue weighted by molar-refractivity contribution is -0.138. The smallest absolute Gasteiger partial charge is 0.407 e. The largest absolute Gasteiger partial charge is 0.512 e. The number of allylic oxidation sites excluding steroid dienone is 1. The zero-order valence-electron chi connectivity index (χ0n) is 17.1. The summed E-state index contributed by atoms with van der Waals surface area (Å²) in [7, 11) is 0. The third-order valence-electron chi connectivity index (χ3n) is 3.18. The van der Waals surface area contributed by atoms with Crippen LogP contribution in [0.5, 0.6) is 0 Å². The van der Waals surface area contributed by atoms with Crippen LogP contribution in [0, 0.1) is 5.92 Å². The summed E-state index contributed by atoms with van der Waals surface area (Å²) in [5.74, 6) is -1.06. The summed E-state index contributed by atoms with van der Waals surface area (Å²) in [6.07, 6.45) is 0.358. The maximum Gasteiger partial charge on any atom is 0.407 e. The second-order valence-electron chi connectivity index (χ2n) is 7.16. The molecule has 9 nitrogen and oxygen atoms in total. The van der Waals surface area contributed by atoms with Gasteiger partial charge in [0.2, 0.25) is 0 Å². The number of carbonyl (C=O) groups is 3. The first-order chi connectivity index (χ1) is 12.4. The van der Waals surface area contributed by atoms with Gasteiger partial charge in [0.1, 0.15) is 16.9 Å². The van der Waals surface area contributed by atoms with Crippen molar-refractivity contribution in [3.63, 3.8) is 0 Å². The van der Waals surface area contributed by atoms with E-state index in [2.05, 4.69) is 15.6 Å². The van der Waals surface area contributed by atoms with E-state index in [1.54, 1.807) is 27.7 Å². The fourth-order valence-corrected chi connectivity index (χ4v) is 1.78. The number of ether oxygens (including phenoxy) is 2. The second-order valence-corrected chi connectivity index (χ2v) is 7.16. The normalized spacial score (nSPS) is 13.8. The first-order valence-corrected chi connectivity index (χ1v) is 8.75. The Kier molecular flexibility index (Phi) is 10.1. The van der Waals surface area contributed by atoms with Crippen LogP contribution in [0.4, 0.5) is 9.59 Å². The fourth-order valence-electron chi connectivity index (χ4n) is 1.78. The Morgan fingerprint density at radius 1 is 1.22 bits per heavy atom. The molecule has 0 aliphatic heterocycles. The van der Waals surface area contributed by atoms with Crippen molar-refractivity contribution in [1.82, 2.24) is 10.6 Å². The molecular formula is C18H31N3O6. The van der Waals surface area contributed by atoms with Crippen molar-refractivity contribution in [3.8, 4) is 0 Å². The molecule has 1 atom stereocenters. The van der Waals surface area contributed by atoms with Crippen molar-refractivity contribution >= 4 is 24.3 Å². The molecule has 0 aromatic rings. The first kappa shape index (κ1) is 24.4. The van der Waals surface area contributed by atoms with Gasteiger partial charge < -0.3 is 25.2 Å². The summed E-state index contributed by atoms with van der Waals surface area (Å²) in [6.45, 7) is 12.2. The SMILES string of the molecule is CCOC(=O)C(/C=N/C(=O)NC[C@@H](NC(=O)OC(C)(C)C)C(C)C)=C(\C)O. The molecule has 27 heavy (non-hydrogen) atoms. The van der Waals surface area contributed by atoms with Crippen molar-refractivity contribution in [3.05, 3.63) is 11.3 Å². The Morgan fingerprint density at radius 2 is 1.81 bits per heavy atom. The van der Waals surface area contributed by atoms with Crippen molar-refractivity contribution in [2.75, 3.05) is 13.2 Å². The Balaban J connectivity index is 4.81. The van der Waals surface area contributed by atoms with Gasteiger partial charge in [-0.05, 0) is 40.5 Å². The number of rotatable bonds is 7. The molecule has 0 heterocycles. The highest BCUT2D eigenvalue weighted by Crippen LogP contribution is 2.08. The van der Waals surface area contributed by atoms with Crippen molar-refractivity contribution in [2.45, 2.75) is 60.1 Å². The van der Waals surface area contributed by atoms with Gasteiger partial charge in [-0.1, -0.05) is 13.8 Å². The molecule has 0 radical (unpaired) electrons. The molecule has 0 fully saturated rings. The average Bonchev–Trinajstić information content (AvgIpc) is 2.49. The number of aliphatic hydroxyl groups is 1. The van der Waals surface area contributed by atoms with Gasteiger partial charge in [0.05, 0.1) is 18.9 Å². The summed E-state index contributed by atoms with van der Waals surface area (Å²) in [5, 5.41) is 14.7. The van der Waals surface area contributed by atoms with E-state index >= 15 is 0 Å². The molecule has 154 valence electrons. The van der Waals surface area contributed by atoms with Gasteiger partial charge in [-0.2, -0.15) is 0 Å². The molecule has 0 saturated carbocycles. The Labute approximate surface area is 160 Å². The van der Waals surface area contributed by atoms with Crippen LogP contribution in [0.3, 0.4) is 0 Å². The van der Waals surface area contributed by atoms with E-state index in [0.29, 0.717) is 0 Å². The van der Waals surface area contributed by atoms with Crippen molar-refractivity contribution in [2.24, 2.45) is 10.9 Å². The molecule has 0 bridgehead atoms. The van der Waals surface area contributed by atoms with Gasteiger partial charge in [-0.15, -0.1) is 0 Å². The molecule has 0 saturated heterocycles. The minimum Gasteiger partial charge on any atom is -0.512 e. The zero-order chi connectivity index (χ0) is 21.2. The number of nitrogens with zero attached hydrogens (tertiary/aromatic N) is 1. The summed E-state index contributed by atoms with van der Waals surface area (Å²) < 4.78 is 9.97. The minimum atomic E-state index is -0.777. The number of urea groups is 1. The van der Waals surface area contributed by atoms with E-state index in [-0.39, 0.29) is 36.4 Å². The highest BCUT2D eigenvalue weighted by molar-refractivity contribution is 6.11. The van der Waals surface area contributed by atoms with Crippen LogP contribution in [-0.2, 0) is 14.3 Å². The van der Waals surface area contributed by atoms with Crippen LogP contribution in [-0.4, -0.2) is 54.2 Å². The molecular weight excluding hydrogens is 354 g/mol. The number of carbonyl (C=O) groups excluding carboxylic acids is 3. The molecule has 0 aromatic heterocycles. The van der Waals surface area contributed by atoms with E-state index in [1.807, 2.05) is 13.8 Å². The highest BCUT2D eigenvalue weighted by Gasteiger charge is 2.22.